The van der Waals surface area contributed by atoms with Crippen molar-refractivity contribution in [3.05, 3.63) is 156 Å². The van der Waals surface area contributed by atoms with E-state index in [9.17, 15) is 10.2 Å². The summed E-state index contributed by atoms with van der Waals surface area (Å²) in [6.45, 7) is 7.34. The number of unbranched alkanes of at least 4 members (excludes halogenated alkanes) is 2. The number of amides is 1. The molecule has 1 fully saturated rings. The first kappa shape index (κ1) is 46.2. The predicted molar refractivity (Wildman–Crippen MR) is 260 cm³/mol. The summed E-state index contributed by atoms with van der Waals surface area (Å²) in [5.41, 5.74) is 4.35. The van der Waals surface area contributed by atoms with Crippen molar-refractivity contribution in [3.8, 4) is 17.2 Å². The molecule has 2 aliphatic carbocycles. The Morgan fingerprint density at radius 2 is 1.63 bits per heavy atom. The molecule has 0 radical (unpaired) electrons. The van der Waals surface area contributed by atoms with E-state index in [-0.39, 0.29) is 50.1 Å². The Bertz CT molecular complexity index is 2460. The lowest BCUT2D eigenvalue weighted by Crippen LogP contribution is -2.70. The predicted octanol–water partition coefficient (Wildman–Crippen LogP) is 11.7. The minimum Gasteiger partial charge on any atom is -0.459 e. The van der Waals surface area contributed by atoms with Gasteiger partial charge in [-0.3, -0.25) is 4.79 Å². The summed E-state index contributed by atoms with van der Waals surface area (Å²) in [5.74, 6) is 0.218. The van der Waals surface area contributed by atoms with Crippen LogP contribution in [0, 0.1) is 17.8 Å². The summed E-state index contributed by atoms with van der Waals surface area (Å²) >= 11 is 1.68. The highest BCUT2D eigenvalue weighted by Crippen LogP contribution is 2.62. The lowest BCUT2D eigenvalue weighted by molar-refractivity contribution is -0.254. The fraction of sp³-hybridized carbons (Fsp3) is 0.382. The number of fused-ring (bicyclic) bond motifs is 3. The van der Waals surface area contributed by atoms with Gasteiger partial charge in [-0.05, 0) is 127 Å². The maximum absolute atomic E-state index is 15.3. The van der Waals surface area contributed by atoms with Crippen LogP contribution in [0.3, 0.4) is 0 Å². The Labute approximate surface area is 388 Å². The number of ether oxygens (including phenoxy) is 3. The minimum atomic E-state index is -1.36. The zero-order chi connectivity index (χ0) is 45.2. The molecule has 0 aromatic heterocycles. The fourth-order valence-electron chi connectivity index (χ4n) is 10.4. The molecule has 9 nitrogen and oxygen atoms in total. The van der Waals surface area contributed by atoms with Gasteiger partial charge in [-0.15, -0.1) is 18.3 Å². The molecule has 6 atom stereocenters. The van der Waals surface area contributed by atoms with E-state index in [4.69, 9.17) is 24.2 Å². The van der Waals surface area contributed by atoms with Gasteiger partial charge in [0.25, 0.3) is 5.91 Å². The number of aliphatic hydroxyl groups excluding tert-OH is 2. The van der Waals surface area contributed by atoms with Gasteiger partial charge in [0.1, 0.15) is 29.9 Å². The summed E-state index contributed by atoms with van der Waals surface area (Å²) in [5, 5.41) is 27.1. The van der Waals surface area contributed by atoms with Crippen molar-refractivity contribution >= 4 is 34.2 Å². The number of oxime groups is 1. The van der Waals surface area contributed by atoms with Crippen molar-refractivity contribution in [2.24, 2.45) is 22.9 Å². The molecule has 0 unspecified atom stereocenters. The highest BCUT2D eigenvalue weighted by atomic mass is 32.2. The molecule has 1 heterocycles. The number of aliphatic hydroxyl groups is 2. The highest BCUT2D eigenvalue weighted by molar-refractivity contribution is 7.98. The molecular formula is C55H62N2O7S. The molecule has 65 heavy (non-hydrogen) atoms. The molecule has 340 valence electrons. The normalized spacial score (nSPS) is 22.6. The number of allylic oxidation sites excluding steroid dienone is 1. The van der Waals surface area contributed by atoms with Crippen LogP contribution in [0.25, 0.3) is 10.8 Å². The van der Waals surface area contributed by atoms with Gasteiger partial charge < -0.3 is 34.2 Å². The average molecular weight is 895 g/mol. The molecular weight excluding hydrogens is 833 g/mol. The second kappa shape index (κ2) is 21.7. The lowest BCUT2D eigenvalue weighted by atomic mass is 9.55. The van der Waals surface area contributed by atoms with Gasteiger partial charge in [-0.2, -0.15) is 0 Å². The van der Waals surface area contributed by atoms with Gasteiger partial charge in [0.05, 0.1) is 18.2 Å². The SMILES string of the molecule is C=CCO[C@@]12Oc3ccc(Oc4ccc(SC)cc4)cc3[C@H]3[C@H](CCCCO)[C@@H](CCCCO)C=C(C(=NOCc4ccccc4)C[C@@H]1N(CCC)C(=O)c1ccc4ccccc4c1)[C@H]32. The number of carbonyl (C=O) groups excluding carboxylic acids is 1. The summed E-state index contributed by atoms with van der Waals surface area (Å²) in [7, 11) is 0. The van der Waals surface area contributed by atoms with E-state index in [1.807, 2.05) is 95.9 Å². The fourth-order valence-corrected chi connectivity index (χ4v) is 10.8. The third-order valence-corrected chi connectivity index (χ3v) is 14.0. The number of thioether (sulfide) groups is 1. The molecule has 5 aromatic rings. The molecule has 8 rings (SSSR count). The van der Waals surface area contributed by atoms with Crippen LogP contribution in [0.15, 0.2) is 150 Å². The summed E-state index contributed by atoms with van der Waals surface area (Å²) in [6, 6.07) is 37.6. The standard InChI is InChI=1S/C55H62N2O7S/c1-4-29-57(54(60)42-22-21-39-17-9-10-18-40(39)33-42)51-36-49(56-62-37-38-15-7-6-8-16-38)47-34-41(19-11-13-30-58)46(20-12-14-31-59)52-48-35-44(63-43-23-26-45(65-3)27-24-43)25-28-50(48)64-55(51,53(47)52)61-32-5-2/h5-10,15-18,21-28,33-35,41,46,51-53,58-59H,2,4,11-14,19-20,29-32,36-37H2,1,3H3/t41-,46+,51-,52+,53+,55+/m0/s1. The Balaban J connectivity index is 1.33. The number of carbonyl (C=O) groups is 1. The van der Waals surface area contributed by atoms with Crippen LogP contribution in [-0.2, 0) is 16.2 Å². The molecule has 1 aliphatic heterocycles. The zero-order valence-electron chi connectivity index (χ0n) is 37.6. The van der Waals surface area contributed by atoms with Crippen LogP contribution >= 0.6 is 11.8 Å². The number of nitrogens with zero attached hydrogens (tertiary/aromatic N) is 2. The largest absolute Gasteiger partial charge is 0.459 e. The first-order valence-corrected chi connectivity index (χ1v) is 24.5. The van der Waals surface area contributed by atoms with Crippen LogP contribution in [0.5, 0.6) is 17.2 Å². The molecule has 3 aliphatic rings. The van der Waals surface area contributed by atoms with Crippen LogP contribution in [-0.4, -0.2) is 71.2 Å². The summed E-state index contributed by atoms with van der Waals surface area (Å²) < 4.78 is 21.3. The van der Waals surface area contributed by atoms with Crippen molar-refractivity contribution in [1.29, 1.82) is 0 Å². The summed E-state index contributed by atoms with van der Waals surface area (Å²) in [6.07, 6.45) is 12.0. The second-order valence-electron chi connectivity index (χ2n) is 17.4. The van der Waals surface area contributed by atoms with Gasteiger partial charge in [-0.25, -0.2) is 0 Å². The average Bonchev–Trinajstić information content (AvgIpc) is 3.34. The first-order valence-electron chi connectivity index (χ1n) is 23.3. The van der Waals surface area contributed by atoms with Crippen LogP contribution in [0.4, 0.5) is 0 Å². The lowest BCUT2D eigenvalue weighted by Gasteiger charge is -2.60. The first-order chi connectivity index (χ1) is 31.9. The maximum Gasteiger partial charge on any atom is 0.254 e. The number of rotatable bonds is 21. The number of hydrogen-bond donors (Lipinski definition) is 2. The molecule has 0 saturated heterocycles. The molecule has 10 heteroatoms. The van der Waals surface area contributed by atoms with E-state index in [1.54, 1.807) is 17.8 Å². The minimum absolute atomic E-state index is 0.0838. The quantitative estimate of drug-likeness (QED) is 0.0324. The third-order valence-electron chi connectivity index (χ3n) is 13.3. The number of hydrogen-bond acceptors (Lipinski definition) is 9. The van der Waals surface area contributed by atoms with Crippen LogP contribution in [0.2, 0.25) is 0 Å². The van der Waals surface area contributed by atoms with E-state index in [2.05, 4.69) is 50.1 Å². The van der Waals surface area contributed by atoms with Crippen molar-refractivity contribution in [2.45, 2.75) is 87.5 Å². The molecule has 1 amide bonds. The van der Waals surface area contributed by atoms with E-state index < -0.39 is 17.7 Å². The highest BCUT2D eigenvalue weighted by Gasteiger charge is 2.65. The Morgan fingerprint density at radius 1 is 0.892 bits per heavy atom. The Kier molecular flexibility index (Phi) is 15.4. The molecule has 2 N–H and O–H groups in total. The van der Waals surface area contributed by atoms with Crippen molar-refractivity contribution < 1.29 is 34.1 Å². The topological polar surface area (TPSA) is 110 Å². The molecule has 0 spiro atoms. The second-order valence-corrected chi connectivity index (χ2v) is 18.2. The molecule has 5 aromatic carbocycles. The number of benzene rings is 5. The molecule has 1 saturated carbocycles. The smallest absolute Gasteiger partial charge is 0.254 e. The summed E-state index contributed by atoms with van der Waals surface area (Å²) in [4.78, 5) is 24.7. The maximum atomic E-state index is 15.3. The van der Waals surface area contributed by atoms with Crippen LogP contribution in [0.1, 0.15) is 85.7 Å². The Hall–Kier alpha value is -5.39. The van der Waals surface area contributed by atoms with Crippen molar-refractivity contribution in [3.63, 3.8) is 0 Å². The Morgan fingerprint density at radius 3 is 2.37 bits per heavy atom. The van der Waals surface area contributed by atoms with Gasteiger partial charge in [0, 0.05) is 48.1 Å². The molecule has 0 bridgehead atoms. The van der Waals surface area contributed by atoms with E-state index >= 15 is 4.79 Å². The van der Waals surface area contributed by atoms with Crippen LogP contribution < -0.4 is 9.47 Å². The van der Waals surface area contributed by atoms with Gasteiger partial charge in [0.2, 0.25) is 5.79 Å². The van der Waals surface area contributed by atoms with Gasteiger partial charge >= 0.3 is 0 Å². The van der Waals surface area contributed by atoms with Crippen molar-refractivity contribution in [1.82, 2.24) is 4.90 Å². The van der Waals surface area contributed by atoms with Gasteiger partial charge in [-0.1, -0.05) is 97.7 Å². The van der Waals surface area contributed by atoms with E-state index in [0.717, 1.165) is 69.5 Å². The van der Waals surface area contributed by atoms with Crippen molar-refractivity contribution in [2.75, 3.05) is 32.6 Å². The van der Waals surface area contributed by atoms with E-state index in [0.29, 0.717) is 49.3 Å². The zero-order valence-corrected chi connectivity index (χ0v) is 38.5. The monoisotopic (exact) mass is 894 g/mol. The van der Waals surface area contributed by atoms with E-state index in [1.165, 1.54) is 0 Å². The third kappa shape index (κ3) is 10.1. The van der Waals surface area contributed by atoms with Gasteiger partial charge in [0.15, 0.2) is 0 Å².